The molecule has 94 valence electrons. The fraction of sp³-hybridized carbons (Fsp3) is 0.571. The van der Waals surface area contributed by atoms with Gasteiger partial charge < -0.3 is 4.90 Å². The molecular weight excluding hydrogens is 212 g/mol. The molecule has 3 nitrogen and oxygen atoms in total. The summed E-state index contributed by atoms with van der Waals surface area (Å²) in [6, 6.07) is 0. The summed E-state index contributed by atoms with van der Waals surface area (Å²) in [5.41, 5.74) is 0.944. The highest BCUT2D eigenvalue weighted by Crippen LogP contribution is 2.25. The van der Waals surface area contributed by atoms with Crippen molar-refractivity contribution in [1.82, 2.24) is 4.90 Å². The number of hydrogen-bond acceptors (Lipinski definition) is 2. The second kappa shape index (κ2) is 5.80. The number of ketones is 1. The lowest BCUT2D eigenvalue weighted by Gasteiger charge is -2.20. The first-order valence-corrected chi connectivity index (χ1v) is 6.07. The van der Waals surface area contributed by atoms with Gasteiger partial charge in [-0.2, -0.15) is 0 Å². The molecule has 1 saturated heterocycles. The first-order chi connectivity index (χ1) is 7.97. The van der Waals surface area contributed by atoms with Gasteiger partial charge >= 0.3 is 0 Å². The Morgan fingerprint density at radius 1 is 1.41 bits per heavy atom. The Morgan fingerprint density at radius 3 is 2.47 bits per heavy atom. The van der Waals surface area contributed by atoms with Crippen LogP contribution in [0.15, 0.2) is 29.4 Å². The van der Waals surface area contributed by atoms with Gasteiger partial charge in [-0.05, 0) is 32.3 Å². The topological polar surface area (TPSA) is 32.7 Å². The van der Waals surface area contributed by atoms with Crippen molar-refractivity contribution >= 4 is 11.6 Å². The summed E-state index contributed by atoms with van der Waals surface area (Å²) in [7, 11) is 0. The summed E-state index contributed by atoms with van der Waals surface area (Å²) in [5, 5.41) is 0. The zero-order valence-electron chi connectivity index (χ0n) is 11.2. The molecule has 1 aliphatic rings. The van der Waals surface area contributed by atoms with E-state index in [2.05, 4.69) is 23.4 Å². The molecule has 1 fully saturated rings. The van der Waals surface area contributed by atoms with E-state index in [9.17, 15) is 4.79 Å². The molecule has 1 aliphatic heterocycles. The highest BCUT2D eigenvalue weighted by atomic mass is 16.1. The molecule has 1 heterocycles. The third-order valence-electron chi connectivity index (χ3n) is 3.16. The van der Waals surface area contributed by atoms with Crippen molar-refractivity contribution in [3.63, 3.8) is 0 Å². The Kier molecular flexibility index (Phi) is 4.67. The fourth-order valence-electron chi connectivity index (χ4n) is 2.28. The molecule has 2 atom stereocenters. The molecule has 0 aromatic heterocycles. The summed E-state index contributed by atoms with van der Waals surface area (Å²) >= 11 is 0. The van der Waals surface area contributed by atoms with Crippen molar-refractivity contribution in [3.8, 4) is 0 Å². The van der Waals surface area contributed by atoms with Crippen LogP contribution in [-0.4, -0.2) is 29.6 Å². The molecule has 3 heteroatoms. The van der Waals surface area contributed by atoms with Crippen molar-refractivity contribution in [2.45, 2.75) is 27.7 Å². The minimum absolute atomic E-state index is 0.130. The van der Waals surface area contributed by atoms with Gasteiger partial charge in [0.15, 0.2) is 0 Å². The Labute approximate surface area is 104 Å². The van der Waals surface area contributed by atoms with E-state index < -0.39 is 0 Å². The van der Waals surface area contributed by atoms with Crippen LogP contribution in [0.5, 0.6) is 0 Å². The number of rotatable bonds is 3. The minimum atomic E-state index is 0.130. The first-order valence-electron chi connectivity index (χ1n) is 6.07. The minimum Gasteiger partial charge on any atom is -0.355 e. The predicted molar refractivity (Wildman–Crippen MR) is 72.0 cm³/mol. The molecule has 0 unspecified atom stereocenters. The fourth-order valence-corrected chi connectivity index (χ4v) is 2.28. The van der Waals surface area contributed by atoms with E-state index in [0.29, 0.717) is 5.92 Å². The monoisotopic (exact) mass is 234 g/mol. The van der Waals surface area contributed by atoms with Crippen molar-refractivity contribution in [3.05, 3.63) is 24.4 Å². The molecule has 0 radical (unpaired) electrons. The van der Waals surface area contributed by atoms with E-state index in [1.54, 1.807) is 13.1 Å². The van der Waals surface area contributed by atoms with Gasteiger partial charge in [0.2, 0.25) is 0 Å². The van der Waals surface area contributed by atoms with Gasteiger partial charge in [-0.3, -0.25) is 4.79 Å². The average molecular weight is 234 g/mol. The third kappa shape index (κ3) is 3.29. The predicted octanol–water partition coefficient (Wildman–Crippen LogP) is 2.65. The van der Waals surface area contributed by atoms with Crippen LogP contribution in [0.1, 0.15) is 27.7 Å². The van der Waals surface area contributed by atoms with E-state index in [1.807, 2.05) is 19.9 Å². The average Bonchev–Trinajstić information content (AvgIpc) is 2.60. The van der Waals surface area contributed by atoms with Gasteiger partial charge in [-0.1, -0.05) is 19.6 Å². The van der Waals surface area contributed by atoms with Gasteiger partial charge in [-0.15, -0.1) is 0 Å². The normalized spacial score (nSPS) is 25.6. The Hall–Kier alpha value is -1.38. The van der Waals surface area contributed by atoms with Gasteiger partial charge in [0, 0.05) is 25.2 Å². The molecule has 0 bridgehead atoms. The maximum atomic E-state index is 11.5. The van der Waals surface area contributed by atoms with E-state index in [1.165, 1.54) is 0 Å². The van der Waals surface area contributed by atoms with Crippen LogP contribution in [0.2, 0.25) is 0 Å². The second-order valence-corrected chi connectivity index (χ2v) is 4.81. The maximum absolute atomic E-state index is 11.5. The summed E-state index contributed by atoms with van der Waals surface area (Å²) in [6.45, 7) is 13.3. The van der Waals surface area contributed by atoms with E-state index >= 15 is 0 Å². The van der Waals surface area contributed by atoms with Crippen LogP contribution < -0.4 is 0 Å². The smallest absolute Gasteiger partial charge is 0.135 e. The summed E-state index contributed by atoms with van der Waals surface area (Å²) in [5.74, 6) is 1.69. The van der Waals surface area contributed by atoms with Crippen LogP contribution in [0.3, 0.4) is 0 Å². The Balaban J connectivity index is 2.86. The zero-order chi connectivity index (χ0) is 13.0. The van der Waals surface area contributed by atoms with E-state index in [0.717, 1.165) is 24.5 Å². The molecule has 0 N–H and O–H groups in total. The standard InChI is InChI=1S/C14H22N2O/c1-6-7-15-14(10(2)3)16-8-11(4)13(9-16)12(5)17/h6-7,11,13H,2,8-9H2,1,3-5H3/b7-6-,15-14+/t11-,13-/m0/s1. The van der Waals surface area contributed by atoms with E-state index in [-0.39, 0.29) is 11.7 Å². The maximum Gasteiger partial charge on any atom is 0.135 e. The van der Waals surface area contributed by atoms with Crippen LogP contribution in [0.4, 0.5) is 0 Å². The molecule has 17 heavy (non-hydrogen) atoms. The number of carbonyl (C=O) groups excluding carboxylic acids is 1. The number of carbonyl (C=O) groups is 1. The molecular formula is C14H22N2O. The lowest BCUT2D eigenvalue weighted by Crippen LogP contribution is -2.30. The molecule has 0 amide bonds. The Morgan fingerprint density at radius 2 is 2.06 bits per heavy atom. The van der Waals surface area contributed by atoms with Crippen molar-refractivity contribution in [1.29, 1.82) is 0 Å². The molecule has 0 spiro atoms. The first kappa shape index (κ1) is 13.7. The van der Waals surface area contributed by atoms with Crippen molar-refractivity contribution in [2.24, 2.45) is 16.8 Å². The van der Waals surface area contributed by atoms with Crippen LogP contribution in [0, 0.1) is 11.8 Å². The highest BCUT2D eigenvalue weighted by molar-refractivity contribution is 5.98. The van der Waals surface area contributed by atoms with Gasteiger partial charge in [0.25, 0.3) is 0 Å². The molecule has 0 aromatic carbocycles. The molecule has 0 aliphatic carbocycles. The summed E-state index contributed by atoms with van der Waals surface area (Å²) < 4.78 is 0. The largest absolute Gasteiger partial charge is 0.355 e. The highest BCUT2D eigenvalue weighted by Gasteiger charge is 2.34. The van der Waals surface area contributed by atoms with Crippen molar-refractivity contribution in [2.75, 3.05) is 13.1 Å². The zero-order valence-corrected chi connectivity index (χ0v) is 11.2. The number of amidine groups is 1. The van der Waals surface area contributed by atoms with Crippen LogP contribution in [-0.2, 0) is 4.79 Å². The van der Waals surface area contributed by atoms with Gasteiger partial charge in [-0.25, -0.2) is 4.99 Å². The molecule has 1 rings (SSSR count). The van der Waals surface area contributed by atoms with Gasteiger partial charge in [0.1, 0.15) is 11.6 Å². The number of nitrogens with zero attached hydrogens (tertiary/aromatic N) is 2. The molecule has 0 aromatic rings. The SMILES string of the molecule is C=C(C)/C(=N\C=C/C)N1C[C@H](C(C)=O)[C@@H](C)C1. The number of Topliss-reactive ketones (excluding diaryl/α,β-unsaturated/α-hetero) is 1. The lowest BCUT2D eigenvalue weighted by molar-refractivity contribution is -0.121. The lowest BCUT2D eigenvalue weighted by atomic mass is 9.95. The number of hydrogen-bond donors (Lipinski definition) is 0. The van der Waals surface area contributed by atoms with Crippen LogP contribution in [0.25, 0.3) is 0 Å². The summed E-state index contributed by atoms with van der Waals surface area (Å²) in [6.07, 6.45) is 3.67. The van der Waals surface area contributed by atoms with Crippen LogP contribution >= 0.6 is 0 Å². The number of likely N-dealkylation sites (tertiary alicyclic amines) is 1. The quantitative estimate of drug-likeness (QED) is 0.555. The number of aliphatic imine (C=N–C) groups is 1. The van der Waals surface area contributed by atoms with Crippen molar-refractivity contribution < 1.29 is 4.79 Å². The second-order valence-electron chi connectivity index (χ2n) is 4.81. The number of allylic oxidation sites excluding steroid dienone is 1. The molecule has 0 saturated carbocycles. The van der Waals surface area contributed by atoms with Gasteiger partial charge in [0.05, 0.1) is 0 Å². The summed E-state index contributed by atoms with van der Waals surface area (Å²) in [4.78, 5) is 18.1. The Bertz CT molecular complexity index is 368. The van der Waals surface area contributed by atoms with E-state index in [4.69, 9.17) is 0 Å². The third-order valence-corrected chi connectivity index (χ3v) is 3.16.